The summed E-state index contributed by atoms with van der Waals surface area (Å²) in [5.41, 5.74) is 4.90. The summed E-state index contributed by atoms with van der Waals surface area (Å²) in [4.78, 5) is 11.5. The molecule has 1 saturated carbocycles. The molecule has 0 aromatic rings. The SMILES string of the molecule is CCNC(C)(CCCCOC1CCC(C)C(C)C1)C(N)=O. The van der Waals surface area contributed by atoms with Crippen molar-refractivity contribution in [2.45, 2.75) is 77.9 Å². The lowest BCUT2D eigenvalue weighted by Gasteiger charge is -2.32. The zero-order valence-electron chi connectivity index (χ0n) is 14.3. The number of hydrogen-bond donors (Lipinski definition) is 2. The average Bonchev–Trinajstić information content (AvgIpc) is 2.42. The fraction of sp³-hybridized carbons (Fsp3) is 0.941. The van der Waals surface area contributed by atoms with Crippen LogP contribution in [0.25, 0.3) is 0 Å². The van der Waals surface area contributed by atoms with E-state index in [1.54, 1.807) is 0 Å². The summed E-state index contributed by atoms with van der Waals surface area (Å²) >= 11 is 0. The minimum absolute atomic E-state index is 0.264. The van der Waals surface area contributed by atoms with Gasteiger partial charge in [-0.15, -0.1) is 0 Å². The largest absolute Gasteiger partial charge is 0.378 e. The van der Waals surface area contributed by atoms with Gasteiger partial charge in [0.25, 0.3) is 0 Å². The predicted octanol–water partition coefficient (Wildman–Crippen LogP) is 2.85. The van der Waals surface area contributed by atoms with Crippen LogP contribution in [-0.4, -0.2) is 30.7 Å². The van der Waals surface area contributed by atoms with Crippen molar-refractivity contribution < 1.29 is 9.53 Å². The first-order valence-corrected chi connectivity index (χ1v) is 8.55. The highest BCUT2D eigenvalue weighted by Gasteiger charge is 2.29. The highest BCUT2D eigenvalue weighted by atomic mass is 16.5. The van der Waals surface area contributed by atoms with Crippen LogP contribution in [0.3, 0.4) is 0 Å². The van der Waals surface area contributed by atoms with Gasteiger partial charge in [0.1, 0.15) is 0 Å². The summed E-state index contributed by atoms with van der Waals surface area (Å²) in [5, 5.41) is 3.19. The fourth-order valence-electron chi connectivity index (χ4n) is 3.17. The van der Waals surface area contributed by atoms with Gasteiger partial charge in [0.15, 0.2) is 0 Å². The van der Waals surface area contributed by atoms with Gasteiger partial charge >= 0.3 is 0 Å². The van der Waals surface area contributed by atoms with Crippen LogP contribution < -0.4 is 11.1 Å². The molecule has 124 valence electrons. The lowest BCUT2D eigenvalue weighted by atomic mass is 9.80. The zero-order valence-corrected chi connectivity index (χ0v) is 14.3. The Morgan fingerprint density at radius 1 is 1.29 bits per heavy atom. The number of hydrogen-bond acceptors (Lipinski definition) is 3. The smallest absolute Gasteiger partial charge is 0.237 e. The molecule has 21 heavy (non-hydrogen) atoms. The molecule has 4 unspecified atom stereocenters. The number of nitrogens with two attached hydrogens (primary N) is 1. The first-order chi connectivity index (χ1) is 9.89. The minimum atomic E-state index is -0.580. The maximum absolute atomic E-state index is 11.5. The van der Waals surface area contributed by atoms with Gasteiger partial charge in [0.2, 0.25) is 5.91 Å². The van der Waals surface area contributed by atoms with E-state index in [0.29, 0.717) is 6.10 Å². The van der Waals surface area contributed by atoms with Gasteiger partial charge in [-0.2, -0.15) is 0 Å². The Labute approximate surface area is 130 Å². The van der Waals surface area contributed by atoms with Gasteiger partial charge < -0.3 is 15.8 Å². The van der Waals surface area contributed by atoms with E-state index in [2.05, 4.69) is 19.2 Å². The third-order valence-corrected chi connectivity index (χ3v) is 5.09. The molecule has 0 aromatic carbocycles. The van der Waals surface area contributed by atoms with Crippen molar-refractivity contribution in [3.05, 3.63) is 0 Å². The van der Waals surface area contributed by atoms with E-state index in [1.165, 1.54) is 19.3 Å². The predicted molar refractivity (Wildman–Crippen MR) is 87.0 cm³/mol. The number of nitrogens with one attached hydrogen (secondary N) is 1. The fourth-order valence-corrected chi connectivity index (χ4v) is 3.17. The van der Waals surface area contributed by atoms with E-state index in [4.69, 9.17) is 10.5 Å². The van der Waals surface area contributed by atoms with E-state index in [1.807, 2.05) is 13.8 Å². The van der Waals surface area contributed by atoms with E-state index in [9.17, 15) is 4.79 Å². The highest BCUT2D eigenvalue weighted by Crippen LogP contribution is 2.31. The second-order valence-electron chi connectivity index (χ2n) is 6.94. The average molecular weight is 298 g/mol. The van der Waals surface area contributed by atoms with Gasteiger partial charge in [-0.25, -0.2) is 0 Å². The molecule has 1 rings (SSSR count). The molecule has 1 amide bonds. The highest BCUT2D eigenvalue weighted by molar-refractivity contribution is 5.84. The molecule has 0 aromatic heterocycles. The van der Waals surface area contributed by atoms with Gasteiger partial charge in [0.05, 0.1) is 11.6 Å². The van der Waals surface area contributed by atoms with Gasteiger partial charge in [-0.3, -0.25) is 4.79 Å². The van der Waals surface area contributed by atoms with E-state index in [-0.39, 0.29) is 5.91 Å². The molecule has 4 heteroatoms. The summed E-state index contributed by atoms with van der Waals surface area (Å²) < 4.78 is 6.00. The van der Waals surface area contributed by atoms with Crippen molar-refractivity contribution in [1.82, 2.24) is 5.32 Å². The third-order valence-electron chi connectivity index (χ3n) is 5.09. The molecule has 0 radical (unpaired) electrons. The van der Waals surface area contributed by atoms with Gasteiger partial charge in [0, 0.05) is 6.61 Å². The second kappa shape index (κ2) is 8.74. The van der Waals surface area contributed by atoms with Crippen LogP contribution in [0.2, 0.25) is 0 Å². The van der Waals surface area contributed by atoms with Crippen molar-refractivity contribution in [2.75, 3.05) is 13.2 Å². The summed E-state index contributed by atoms with van der Waals surface area (Å²) in [6.45, 7) is 10.1. The third kappa shape index (κ3) is 5.95. The molecule has 4 atom stereocenters. The van der Waals surface area contributed by atoms with Crippen LogP contribution in [0.4, 0.5) is 0 Å². The summed E-state index contributed by atoms with van der Waals surface area (Å²) in [6.07, 6.45) is 6.84. The molecule has 1 fully saturated rings. The Morgan fingerprint density at radius 3 is 2.57 bits per heavy atom. The van der Waals surface area contributed by atoms with Crippen molar-refractivity contribution >= 4 is 5.91 Å². The molecular formula is C17H34N2O2. The minimum Gasteiger partial charge on any atom is -0.378 e. The number of ether oxygens (including phenoxy) is 1. The van der Waals surface area contributed by atoms with Crippen molar-refractivity contribution in [3.63, 3.8) is 0 Å². The number of amides is 1. The molecule has 0 spiro atoms. The van der Waals surface area contributed by atoms with Crippen LogP contribution in [0, 0.1) is 11.8 Å². The maximum atomic E-state index is 11.5. The number of carbonyl (C=O) groups excluding carboxylic acids is 1. The lowest BCUT2D eigenvalue weighted by molar-refractivity contribution is -0.124. The molecule has 0 aliphatic heterocycles. The second-order valence-corrected chi connectivity index (χ2v) is 6.94. The monoisotopic (exact) mass is 298 g/mol. The van der Waals surface area contributed by atoms with Gasteiger partial charge in [-0.1, -0.05) is 20.8 Å². The molecule has 0 heterocycles. The van der Waals surface area contributed by atoms with E-state index >= 15 is 0 Å². The Kier molecular flexibility index (Phi) is 7.67. The van der Waals surface area contributed by atoms with Crippen molar-refractivity contribution in [1.29, 1.82) is 0 Å². The van der Waals surface area contributed by atoms with Crippen molar-refractivity contribution in [2.24, 2.45) is 17.6 Å². The maximum Gasteiger partial charge on any atom is 0.237 e. The van der Waals surface area contributed by atoms with E-state index < -0.39 is 5.54 Å². The standard InChI is InChI=1S/C17H34N2O2/c1-5-19-17(4,16(18)20)10-6-7-11-21-15-9-8-13(2)14(3)12-15/h13-15,19H,5-12H2,1-4H3,(H2,18,20). The number of unbranched alkanes of at least 4 members (excludes halogenated alkanes) is 1. The Bertz CT molecular complexity index is 322. The van der Waals surface area contributed by atoms with Crippen LogP contribution >= 0.6 is 0 Å². The molecule has 0 bridgehead atoms. The quantitative estimate of drug-likeness (QED) is 0.643. The first-order valence-electron chi connectivity index (χ1n) is 8.55. The van der Waals surface area contributed by atoms with Crippen molar-refractivity contribution in [3.8, 4) is 0 Å². The normalized spacial score (nSPS) is 29.0. The molecule has 4 nitrogen and oxygen atoms in total. The molecule has 1 aliphatic carbocycles. The molecule has 1 aliphatic rings. The first kappa shape index (κ1) is 18.4. The molecule has 0 saturated heterocycles. The Hall–Kier alpha value is -0.610. The van der Waals surface area contributed by atoms with Crippen LogP contribution in [0.1, 0.15) is 66.2 Å². The number of carbonyl (C=O) groups is 1. The van der Waals surface area contributed by atoms with Gasteiger partial charge in [-0.05, 0) is 63.8 Å². The zero-order chi connectivity index (χ0) is 15.9. The Morgan fingerprint density at radius 2 is 2.00 bits per heavy atom. The summed E-state index contributed by atoms with van der Waals surface area (Å²) in [5.74, 6) is 1.34. The Balaban J connectivity index is 2.18. The van der Waals surface area contributed by atoms with E-state index in [0.717, 1.165) is 44.2 Å². The van der Waals surface area contributed by atoms with Crippen LogP contribution in [-0.2, 0) is 9.53 Å². The topological polar surface area (TPSA) is 64.3 Å². The molecular weight excluding hydrogens is 264 g/mol. The lowest BCUT2D eigenvalue weighted by Crippen LogP contribution is -2.53. The molecule has 3 N–H and O–H groups in total. The summed E-state index contributed by atoms with van der Waals surface area (Å²) in [6, 6.07) is 0. The number of likely N-dealkylation sites (N-methyl/N-ethyl adjacent to an activating group) is 1. The van der Waals surface area contributed by atoms with Crippen LogP contribution in [0.15, 0.2) is 0 Å². The number of rotatable bonds is 9. The number of primary amides is 1. The van der Waals surface area contributed by atoms with Crippen LogP contribution in [0.5, 0.6) is 0 Å². The summed E-state index contributed by atoms with van der Waals surface area (Å²) in [7, 11) is 0.